The highest BCUT2D eigenvalue weighted by molar-refractivity contribution is 6.36. The Morgan fingerprint density at radius 1 is 1.17 bits per heavy atom. The van der Waals surface area contributed by atoms with Gasteiger partial charge in [0.25, 0.3) is 11.8 Å². The quantitative estimate of drug-likeness (QED) is 0.629. The highest BCUT2D eigenvalue weighted by atomic mass is 35.5. The van der Waals surface area contributed by atoms with E-state index >= 15 is 0 Å². The second kappa shape index (κ2) is 8.42. The number of nitrogens with zero attached hydrogens (tertiary/aromatic N) is 1. The maximum absolute atomic E-state index is 13.4. The fourth-order valence-electron chi connectivity index (χ4n) is 1.72. The summed E-state index contributed by atoms with van der Waals surface area (Å²) >= 11 is 11.7. The highest BCUT2D eigenvalue weighted by Gasteiger charge is 2.11. The predicted octanol–water partition coefficient (Wildman–Crippen LogP) is 3.01. The van der Waals surface area contributed by atoms with Crippen molar-refractivity contribution >= 4 is 41.2 Å². The summed E-state index contributed by atoms with van der Waals surface area (Å²) in [5.41, 5.74) is 2.65. The van der Waals surface area contributed by atoms with Crippen molar-refractivity contribution in [1.82, 2.24) is 10.7 Å². The van der Waals surface area contributed by atoms with Gasteiger partial charge in [-0.15, -0.1) is 0 Å². The Morgan fingerprint density at radius 3 is 2.62 bits per heavy atom. The van der Waals surface area contributed by atoms with E-state index in [1.165, 1.54) is 24.4 Å². The van der Waals surface area contributed by atoms with E-state index in [4.69, 9.17) is 23.2 Å². The van der Waals surface area contributed by atoms with Gasteiger partial charge in [-0.1, -0.05) is 41.4 Å². The van der Waals surface area contributed by atoms with Crippen LogP contribution in [0.1, 0.15) is 15.9 Å². The third-order valence-electron chi connectivity index (χ3n) is 2.88. The van der Waals surface area contributed by atoms with Gasteiger partial charge in [-0.05, 0) is 24.3 Å². The van der Waals surface area contributed by atoms with Gasteiger partial charge in [0.05, 0.1) is 23.3 Å². The Labute approximate surface area is 147 Å². The third kappa shape index (κ3) is 5.04. The van der Waals surface area contributed by atoms with Crippen LogP contribution in [0.3, 0.4) is 0 Å². The van der Waals surface area contributed by atoms with Gasteiger partial charge in [0, 0.05) is 10.6 Å². The van der Waals surface area contributed by atoms with Crippen LogP contribution in [0.5, 0.6) is 0 Å². The molecule has 0 bridgehead atoms. The van der Waals surface area contributed by atoms with Gasteiger partial charge in [-0.25, -0.2) is 9.82 Å². The Balaban J connectivity index is 1.84. The van der Waals surface area contributed by atoms with Crippen LogP contribution >= 0.6 is 23.2 Å². The van der Waals surface area contributed by atoms with Gasteiger partial charge in [-0.3, -0.25) is 9.59 Å². The zero-order valence-corrected chi connectivity index (χ0v) is 13.7. The lowest BCUT2D eigenvalue weighted by molar-refractivity contribution is -0.120. The molecular weight excluding hydrogens is 356 g/mol. The summed E-state index contributed by atoms with van der Waals surface area (Å²) < 4.78 is 13.4. The van der Waals surface area contributed by atoms with Gasteiger partial charge in [-0.2, -0.15) is 5.10 Å². The Bertz CT molecular complexity index is 797. The van der Waals surface area contributed by atoms with Gasteiger partial charge < -0.3 is 5.32 Å². The smallest absolute Gasteiger partial charge is 0.259 e. The van der Waals surface area contributed by atoms with Crippen LogP contribution in [-0.2, 0) is 4.79 Å². The Kier molecular flexibility index (Phi) is 6.28. The molecule has 0 saturated heterocycles. The van der Waals surface area contributed by atoms with Crippen molar-refractivity contribution in [3.63, 3.8) is 0 Å². The van der Waals surface area contributed by atoms with Crippen molar-refractivity contribution in [3.8, 4) is 0 Å². The van der Waals surface area contributed by atoms with Gasteiger partial charge in [0.15, 0.2) is 0 Å². The number of hydrogen-bond acceptors (Lipinski definition) is 3. The van der Waals surface area contributed by atoms with E-state index in [0.29, 0.717) is 15.6 Å². The average molecular weight is 368 g/mol. The first-order valence-corrected chi connectivity index (χ1v) is 7.52. The molecule has 0 spiro atoms. The largest absolute Gasteiger partial charge is 0.343 e. The minimum atomic E-state index is -0.687. The van der Waals surface area contributed by atoms with Crippen molar-refractivity contribution in [2.75, 3.05) is 6.54 Å². The molecule has 0 fully saturated rings. The van der Waals surface area contributed by atoms with Crippen LogP contribution in [0.4, 0.5) is 4.39 Å². The molecule has 0 heterocycles. The van der Waals surface area contributed by atoms with Crippen molar-refractivity contribution < 1.29 is 14.0 Å². The standard InChI is InChI=1S/C16H12Cl2FN3O2/c17-11-6-5-10(13(18)7-11)8-21-22-15(23)9-20-16(24)12-3-1-2-4-14(12)19/h1-8H,9H2,(H,20,24)(H,22,23)/b21-8-. The van der Waals surface area contributed by atoms with Gasteiger partial charge in [0.1, 0.15) is 5.82 Å². The topological polar surface area (TPSA) is 70.6 Å². The lowest BCUT2D eigenvalue weighted by Gasteiger charge is -2.05. The molecule has 2 rings (SSSR count). The zero-order chi connectivity index (χ0) is 17.5. The van der Waals surface area contributed by atoms with E-state index in [9.17, 15) is 14.0 Å². The number of nitrogens with one attached hydrogen (secondary N) is 2. The lowest BCUT2D eigenvalue weighted by Crippen LogP contribution is -2.35. The van der Waals surface area contributed by atoms with Gasteiger partial charge >= 0.3 is 0 Å². The van der Waals surface area contributed by atoms with Crippen molar-refractivity contribution in [2.24, 2.45) is 5.10 Å². The number of amides is 2. The summed E-state index contributed by atoms with van der Waals surface area (Å²) in [6, 6.07) is 10.3. The molecule has 0 radical (unpaired) electrons. The van der Waals surface area contributed by atoms with Crippen molar-refractivity contribution in [2.45, 2.75) is 0 Å². The third-order valence-corrected chi connectivity index (χ3v) is 3.45. The molecule has 8 heteroatoms. The molecule has 2 aromatic rings. The summed E-state index contributed by atoms with van der Waals surface area (Å²) in [5.74, 6) is -1.92. The summed E-state index contributed by atoms with van der Waals surface area (Å²) in [4.78, 5) is 23.3. The Hall–Kier alpha value is -2.44. The van der Waals surface area contributed by atoms with E-state index in [-0.39, 0.29) is 12.1 Å². The molecule has 0 atom stereocenters. The molecule has 24 heavy (non-hydrogen) atoms. The number of carbonyl (C=O) groups excluding carboxylic acids is 2. The fraction of sp³-hybridized carbons (Fsp3) is 0.0625. The first-order valence-electron chi connectivity index (χ1n) is 6.77. The van der Waals surface area contributed by atoms with Crippen LogP contribution in [0.25, 0.3) is 0 Å². The van der Waals surface area contributed by atoms with E-state index in [2.05, 4.69) is 15.8 Å². The van der Waals surface area contributed by atoms with E-state index in [1.807, 2.05) is 0 Å². The molecule has 0 unspecified atom stereocenters. The van der Waals surface area contributed by atoms with Crippen LogP contribution in [0.15, 0.2) is 47.6 Å². The van der Waals surface area contributed by atoms with Crippen molar-refractivity contribution in [1.29, 1.82) is 0 Å². The summed E-state index contributed by atoms with van der Waals surface area (Å²) in [5, 5.41) is 6.89. The van der Waals surface area contributed by atoms with E-state index in [1.54, 1.807) is 18.2 Å². The normalized spacial score (nSPS) is 10.6. The monoisotopic (exact) mass is 367 g/mol. The first-order chi connectivity index (χ1) is 11.5. The van der Waals surface area contributed by atoms with Crippen molar-refractivity contribution in [3.05, 3.63) is 69.5 Å². The zero-order valence-electron chi connectivity index (χ0n) is 12.2. The number of hydrazone groups is 1. The number of rotatable bonds is 5. The van der Waals surface area contributed by atoms with E-state index in [0.717, 1.165) is 6.07 Å². The summed E-state index contributed by atoms with van der Waals surface area (Å²) in [6.45, 7) is -0.348. The molecular formula is C16H12Cl2FN3O2. The Morgan fingerprint density at radius 2 is 1.92 bits per heavy atom. The molecule has 5 nitrogen and oxygen atoms in total. The van der Waals surface area contributed by atoms with Crippen LogP contribution in [0.2, 0.25) is 10.0 Å². The molecule has 0 saturated carbocycles. The van der Waals surface area contributed by atoms with E-state index < -0.39 is 17.6 Å². The maximum atomic E-state index is 13.4. The second-order valence-corrected chi connectivity index (χ2v) is 5.47. The molecule has 0 aromatic heterocycles. The number of benzene rings is 2. The number of carbonyl (C=O) groups is 2. The minimum absolute atomic E-state index is 0.137. The first kappa shape index (κ1) is 17.9. The number of halogens is 3. The molecule has 0 aliphatic heterocycles. The SMILES string of the molecule is O=C(CNC(=O)c1ccccc1F)N/N=C\c1ccc(Cl)cc1Cl. The average Bonchev–Trinajstić information content (AvgIpc) is 2.55. The molecule has 124 valence electrons. The molecule has 0 aliphatic carbocycles. The molecule has 2 amide bonds. The highest BCUT2D eigenvalue weighted by Crippen LogP contribution is 2.19. The minimum Gasteiger partial charge on any atom is -0.343 e. The maximum Gasteiger partial charge on any atom is 0.259 e. The second-order valence-electron chi connectivity index (χ2n) is 4.62. The fourth-order valence-corrected chi connectivity index (χ4v) is 2.18. The molecule has 2 aromatic carbocycles. The predicted molar refractivity (Wildman–Crippen MR) is 90.9 cm³/mol. The lowest BCUT2D eigenvalue weighted by atomic mass is 10.2. The molecule has 2 N–H and O–H groups in total. The summed E-state index contributed by atoms with van der Waals surface area (Å²) in [6.07, 6.45) is 1.34. The van der Waals surface area contributed by atoms with Gasteiger partial charge in [0.2, 0.25) is 0 Å². The van der Waals surface area contributed by atoms with Crippen LogP contribution < -0.4 is 10.7 Å². The molecule has 0 aliphatic rings. The van der Waals surface area contributed by atoms with Crippen LogP contribution in [0, 0.1) is 5.82 Å². The van der Waals surface area contributed by atoms with Crippen LogP contribution in [-0.4, -0.2) is 24.6 Å². The summed E-state index contributed by atoms with van der Waals surface area (Å²) in [7, 11) is 0. The number of hydrogen-bond donors (Lipinski definition) is 2.